The van der Waals surface area contributed by atoms with E-state index >= 15 is 0 Å². The molecule has 20 heavy (non-hydrogen) atoms. The minimum atomic E-state index is -0.572. The summed E-state index contributed by atoms with van der Waals surface area (Å²) in [6.07, 6.45) is -0.490. The summed E-state index contributed by atoms with van der Waals surface area (Å²) in [5.74, 6) is -0.380. The predicted molar refractivity (Wildman–Crippen MR) is 81.9 cm³/mol. The van der Waals surface area contributed by atoms with E-state index in [1.807, 2.05) is 0 Å². The first-order valence-electron chi connectivity index (χ1n) is 5.89. The topological polar surface area (TPSA) is 42.4 Å². The molecule has 1 amide bonds. The number of hydrogen-bond donors (Lipinski definition) is 0. The van der Waals surface area contributed by atoms with Gasteiger partial charge in [-0.05, 0) is 42.8 Å². The first-order chi connectivity index (χ1) is 9.17. The molecule has 4 nitrogen and oxygen atoms in total. The number of ether oxygens (including phenoxy) is 1. The van der Waals surface area contributed by atoms with E-state index < -0.39 is 11.7 Å². The van der Waals surface area contributed by atoms with Crippen molar-refractivity contribution in [2.75, 3.05) is 11.9 Å². The van der Waals surface area contributed by atoms with Gasteiger partial charge >= 0.3 is 6.09 Å². The fraction of sp³-hybridized carbons (Fsp3) is 0.385. The third-order valence-corrected chi connectivity index (χ3v) is 4.08. The van der Waals surface area contributed by atoms with Crippen molar-refractivity contribution < 1.29 is 13.9 Å². The van der Waals surface area contributed by atoms with Gasteiger partial charge in [0.25, 0.3) is 0 Å². The first-order valence-corrected chi connectivity index (χ1v) is 7.50. The van der Waals surface area contributed by atoms with Gasteiger partial charge in [-0.25, -0.2) is 14.2 Å². The number of fused-ring (bicyclic) bond motifs is 1. The summed E-state index contributed by atoms with van der Waals surface area (Å²) in [4.78, 5) is 17.5. The van der Waals surface area contributed by atoms with E-state index in [-0.39, 0.29) is 5.82 Å². The van der Waals surface area contributed by atoms with Crippen LogP contribution in [0.2, 0.25) is 0 Å². The average molecular weight is 361 g/mol. The number of carbonyl (C=O) groups excluding carboxylic acids is 1. The Bertz CT molecular complexity index is 627. The van der Waals surface area contributed by atoms with Gasteiger partial charge in [0.05, 0.1) is 14.7 Å². The van der Waals surface area contributed by atoms with Crippen LogP contribution in [-0.2, 0) is 4.74 Å². The van der Waals surface area contributed by atoms with Crippen molar-refractivity contribution in [3.05, 3.63) is 22.4 Å². The van der Waals surface area contributed by atoms with Gasteiger partial charge in [-0.15, -0.1) is 0 Å². The molecule has 0 N–H and O–H groups in total. The predicted octanol–water partition coefficient (Wildman–Crippen LogP) is 4.57. The lowest BCUT2D eigenvalue weighted by atomic mass is 10.2. The van der Waals surface area contributed by atoms with Crippen LogP contribution in [0.25, 0.3) is 10.2 Å². The second-order valence-corrected chi connectivity index (χ2v) is 7.13. The highest BCUT2D eigenvalue weighted by Crippen LogP contribution is 2.32. The zero-order chi connectivity index (χ0) is 15.1. The van der Waals surface area contributed by atoms with Crippen LogP contribution >= 0.6 is 27.3 Å². The summed E-state index contributed by atoms with van der Waals surface area (Å²) >= 11 is 4.43. The SMILES string of the molecule is CN(C(=O)OC(C)(C)C)c1nc2cc(F)c(Br)cc2s1. The summed E-state index contributed by atoms with van der Waals surface area (Å²) in [6, 6.07) is 2.98. The average Bonchev–Trinajstić information content (AvgIpc) is 2.69. The highest BCUT2D eigenvalue weighted by atomic mass is 79.9. The first kappa shape index (κ1) is 15.2. The number of rotatable bonds is 1. The van der Waals surface area contributed by atoms with E-state index in [2.05, 4.69) is 20.9 Å². The monoisotopic (exact) mass is 360 g/mol. The second kappa shape index (κ2) is 5.29. The normalized spacial score (nSPS) is 11.7. The third-order valence-electron chi connectivity index (χ3n) is 2.37. The maximum Gasteiger partial charge on any atom is 0.416 e. The Morgan fingerprint density at radius 1 is 1.45 bits per heavy atom. The molecular weight excluding hydrogens is 347 g/mol. The zero-order valence-electron chi connectivity index (χ0n) is 11.5. The largest absolute Gasteiger partial charge is 0.443 e. The summed E-state index contributed by atoms with van der Waals surface area (Å²) in [7, 11) is 1.58. The molecule has 0 fully saturated rings. The molecule has 1 heterocycles. The summed E-state index contributed by atoms with van der Waals surface area (Å²) < 4.78 is 19.9. The van der Waals surface area contributed by atoms with Crippen LogP contribution < -0.4 is 4.90 Å². The van der Waals surface area contributed by atoms with Crippen LogP contribution in [0.5, 0.6) is 0 Å². The number of anilines is 1. The summed E-state index contributed by atoms with van der Waals surface area (Å²) in [6.45, 7) is 5.39. The van der Waals surface area contributed by atoms with Crippen molar-refractivity contribution >= 4 is 48.7 Å². The molecule has 1 aromatic heterocycles. The van der Waals surface area contributed by atoms with Gasteiger partial charge in [-0.1, -0.05) is 11.3 Å². The Morgan fingerprint density at radius 3 is 2.70 bits per heavy atom. The molecule has 0 bridgehead atoms. The number of aromatic nitrogens is 1. The minimum absolute atomic E-state index is 0.375. The molecule has 0 aliphatic heterocycles. The van der Waals surface area contributed by atoms with Crippen LogP contribution in [0, 0.1) is 5.82 Å². The number of nitrogens with zero attached hydrogens (tertiary/aromatic N) is 2. The van der Waals surface area contributed by atoms with Gasteiger partial charge in [-0.2, -0.15) is 0 Å². The van der Waals surface area contributed by atoms with Crippen LogP contribution in [0.1, 0.15) is 20.8 Å². The molecule has 0 atom stereocenters. The van der Waals surface area contributed by atoms with Gasteiger partial charge in [0, 0.05) is 13.1 Å². The van der Waals surface area contributed by atoms with Crippen LogP contribution in [0.3, 0.4) is 0 Å². The van der Waals surface area contributed by atoms with Gasteiger partial charge in [-0.3, -0.25) is 4.90 Å². The van der Waals surface area contributed by atoms with Crippen molar-refractivity contribution in [1.82, 2.24) is 4.98 Å². The highest BCUT2D eigenvalue weighted by molar-refractivity contribution is 9.10. The molecule has 0 radical (unpaired) electrons. The van der Waals surface area contributed by atoms with E-state index in [4.69, 9.17) is 4.74 Å². The lowest BCUT2D eigenvalue weighted by Gasteiger charge is -2.23. The van der Waals surface area contributed by atoms with Crippen molar-refractivity contribution in [3.63, 3.8) is 0 Å². The molecule has 1 aromatic carbocycles. The van der Waals surface area contributed by atoms with Crippen molar-refractivity contribution in [2.24, 2.45) is 0 Å². The molecule has 0 aliphatic carbocycles. The number of thiazole rings is 1. The third kappa shape index (κ3) is 3.27. The zero-order valence-corrected chi connectivity index (χ0v) is 13.9. The molecule has 2 aromatic rings. The standard InChI is InChI=1S/C13H14BrFN2O2S/c1-13(2,3)19-12(18)17(4)11-16-9-6-8(15)7(14)5-10(9)20-11/h5-6H,1-4H3. The lowest BCUT2D eigenvalue weighted by Crippen LogP contribution is -2.34. The van der Waals surface area contributed by atoms with Gasteiger partial charge in [0.1, 0.15) is 11.4 Å². The second-order valence-electron chi connectivity index (χ2n) is 5.27. The molecule has 0 saturated heterocycles. The Hall–Kier alpha value is -1.21. The van der Waals surface area contributed by atoms with Crippen molar-refractivity contribution in [2.45, 2.75) is 26.4 Å². The Kier molecular flexibility index (Phi) is 4.02. The molecule has 0 saturated carbocycles. The molecule has 0 unspecified atom stereocenters. The Labute approximate surface area is 128 Å². The van der Waals surface area contributed by atoms with Gasteiger partial charge < -0.3 is 4.74 Å². The molecule has 2 rings (SSSR count). The van der Waals surface area contributed by atoms with Crippen LogP contribution in [0.4, 0.5) is 14.3 Å². The van der Waals surface area contributed by atoms with Crippen LogP contribution in [0.15, 0.2) is 16.6 Å². The van der Waals surface area contributed by atoms with E-state index in [0.29, 0.717) is 15.1 Å². The van der Waals surface area contributed by atoms with Crippen molar-refractivity contribution in [3.8, 4) is 0 Å². The maximum absolute atomic E-state index is 13.5. The van der Waals surface area contributed by atoms with E-state index in [1.54, 1.807) is 33.9 Å². The van der Waals surface area contributed by atoms with Gasteiger partial charge in [0.2, 0.25) is 0 Å². The summed E-state index contributed by atoms with van der Waals surface area (Å²) in [5.41, 5.74) is -0.0573. The van der Waals surface area contributed by atoms with Crippen molar-refractivity contribution in [1.29, 1.82) is 0 Å². The molecule has 108 valence electrons. The van der Waals surface area contributed by atoms with E-state index in [0.717, 1.165) is 4.70 Å². The van der Waals surface area contributed by atoms with E-state index in [1.165, 1.54) is 22.3 Å². The highest BCUT2D eigenvalue weighted by Gasteiger charge is 2.22. The molecule has 0 aliphatic rings. The Balaban J connectivity index is 2.31. The lowest BCUT2D eigenvalue weighted by molar-refractivity contribution is 0.0589. The number of hydrogen-bond acceptors (Lipinski definition) is 4. The van der Waals surface area contributed by atoms with Crippen LogP contribution in [-0.4, -0.2) is 23.7 Å². The fourth-order valence-electron chi connectivity index (χ4n) is 1.46. The molecule has 7 heteroatoms. The maximum atomic E-state index is 13.5. The number of halogens is 2. The number of amides is 1. The Morgan fingerprint density at radius 2 is 2.10 bits per heavy atom. The quantitative estimate of drug-likeness (QED) is 0.747. The molecule has 0 spiro atoms. The molecular formula is C13H14BrFN2O2S. The fourth-order valence-corrected chi connectivity index (χ4v) is 2.90. The minimum Gasteiger partial charge on any atom is -0.443 e. The smallest absolute Gasteiger partial charge is 0.416 e. The van der Waals surface area contributed by atoms with Gasteiger partial charge in [0.15, 0.2) is 5.13 Å². The number of benzene rings is 1. The number of carbonyl (C=O) groups is 1. The van der Waals surface area contributed by atoms with E-state index in [9.17, 15) is 9.18 Å². The summed E-state index contributed by atoms with van der Waals surface area (Å²) in [5, 5.41) is 0.465.